The Morgan fingerprint density at radius 3 is 1.44 bits per heavy atom. The van der Waals surface area contributed by atoms with Crippen molar-refractivity contribution in [1.29, 1.82) is 0 Å². The molecule has 0 bridgehead atoms. The Bertz CT molecular complexity index is 47.5. The molecule has 55 valence electrons. The molecule has 1 N–H and O–H groups in total. The molecule has 9 heavy (non-hydrogen) atoms. The number of aliphatic hydroxyl groups is 1. The average Bonchev–Trinajstić information content (AvgIpc) is 1.95. The monoisotopic (exact) mass is 129 g/mol. The second-order valence-corrected chi connectivity index (χ2v) is 2.55. The van der Waals surface area contributed by atoms with Gasteiger partial charge in [0, 0.05) is 0 Å². The Balaban J connectivity index is 3.82. The molecule has 0 amide bonds. The second-order valence-electron chi connectivity index (χ2n) is 2.55. The molecule has 0 aliphatic carbocycles. The highest BCUT2D eigenvalue weighted by atomic mass is 16.3. The molecule has 0 fully saturated rings. The van der Waals surface area contributed by atoms with Crippen LogP contribution in [-0.2, 0) is 0 Å². The van der Waals surface area contributed by atoms with Crippen LogP contribution >= 0.6 is 0 Å². The number of rotatable bonds is 4. The van der Waals surface area contributed by atoms with Crippen molar-refractivity contribution in [3.05, 3.63) is 6.61 Å². The maximum Gasteiger partial charge on any atom is 0.0860 e. The van der Waals surface area contributed by atoms with E-state index in [9.17, 15) is 0 Å². The summed E-state index contributed by atoms with van der Waals surface area (Å²) in [6.07, 6.45) is 3.11. The molecule has 0 aromatic heterocycles. The van der Waals surface area contributed by atoms with Crippen LogP contribution in [0.4, 0.5) is 0 Å². The van der Waals surface area contributed by atoms with E-state index in [1.54, 1.807) is 0 Å². The Hall–Kier alpha value is -0.0400. The summed E-state index contributed by atoms with van der Waals surface area (Å²) in [4.78, 5) is 0. The highest BCUT2D eigenvalue weighted by molar-refractivity contribution is 4.81. The van der Waals surface area contributed by atoms with Gasteiger partial charge in [0.15, 0.2) is 0 Å². The van der Waals surface area contributed by atoms with E-state index in [0.29, 0.717) is 0 Å². The standard InChI is InChI=1S/C8H17O/c1-4-8(5-2,6-3)7-9/h7,9H,4-6H2,1-3H3. The molecule has 0 saturated carbocycles. The molecule has 0 atom stereocenters. The summed E-state index contributed by atoms with van der Waals surface area (Å²) in [6, 6.07) is 0. The molecule has 0 aliphatic heterocycles. The van der Waals surface area contributed by atoms with Gasteiger partial charge in [0.1, 0.15) is 0 Å². The normalized spacial score (nSPS) is 12.0. The summed E-state index contributed by atoms with van der Waals surface area (Å²) in [6.45, 7) is 7.69. The summed E-state index contributed by atoms with van der Waals surface area (Å²) in [5.74, 6) is 0. The van der Waals surface area contributed by atoms with Gasteiger partial charge in [-0.2, -0.15) is 0 Å². The number of hydrogen-bond donors (Lipinski definition) is 1. The summed E-state index contributed by atoms with van der Waals surface area (Å²) < 4.78 is 0. The predicted molar refractivity (Wildman–Crippen MR) is 39.5 cm³/mol. The van der Waals surface area contributed by atoms with E-state index in [1.165, 1.54) is 6.61 Å². The first-order valence-electron chi connectivity index (χ1n) is 3.73. The van der Waals surface area contributed by atoms with Gasteiger partial charge in [0.05, 0.1) is 6.61 Å². The topological polar surface area (TPSA) is 20.2 Å². The molecule has 1 nitrogen and oxygen atoms in total. The Morgan fingerprint density at radius 2 is 1.44 bits per heavy atom. The van der Waals surface area contributed by atoms with Crippen LogP contribution in [-0.4, -0.2) is 5.11 Å². The minimum absolute atomic E-state index is 0.0972. The molecule has 0 heterocycles. The van der Waals surface area contributed by atoms with Crippen molar-refractivity contribution in [3.8, 4) is 0 Å². The van der Waals surface area contributed by atoms with E-state index < -0.39 is 0 Å². The van der Waals surface area contributed by atoms with Crippen molar-refractivity contribution in [2.75, 3.05) is 0 Å². The van der Waals surface area contributed by atoms with Crippen LogP contribution in [0.15, 0.2) is 0 Å². The molecule has 0 aliphatic rings. The van der Waals surface area contributed by atoms with Gasteiger partial charge in [-0.3, -0.25) is 0 Å². The zero-order chi connectivity index (χ0) is 7.33. The molecular weight excluding hydrogens is 112 g/mol. The van der Waals surface area contributed by atoms with E-state index in [2.05, 4.69) is 20.8 Å². The lowest BCUT2D eigenvalue weighted by molar-refractivity contribution is 0.182. The van der Waals surface area contributed by atoms with Crippen molar-refractivity contribution in [1.82, 2.24) is 0 Å². The van der Waals surface area contributed by atoms with Gasteiger partial charge < -0.3 is 5.11 Å². The molecule has 0 aromatic carbocycles. The summed E-state index contributed by atoms with van der Waals surface area (Å²) >= 11 is 0. The molecule has 0 rings (SSSR count). The summed E-state index contributed by atoms with van der Waals surface area (Å²) in [5, 5.41) is 8.85. The third-order valence-corrected chi connectivity index (χ3v) is 2.39. The molecule has 1 heteroatoms. The van der Waals surface area contributed by atoms with Gasteiger partial charge in [-0.15, -0.1) is 0 Å². The zero-order valence-corrected chi connectivity index (χ0v) is 6.65. The first kappa shape index (κ1) is 8.96. The van der Waals surface area contributed by atoms with Crippen LogP contribution in [0.5, 0.6) is 0 Å². The van der Waals surface area contributed by atoms with E-state index in [0.717, 1.165) is 19.3 Å². The Kier molecular flexibility index (Phi) is 3.87. The van der Waals surface area contributed by atoms with Gasteiger partial charge in [-0.1, -0.05) is 20.8 Å². The van der Waals surface area contributed by atoms with Crippen molar-refractivity contribution in [3.63, 3.8) is 0 Å². The zero-order valence-electron chi connectivity index (χ0n) is 6.65. The van der Waals surface area contributed by atoms with Crippen LogP contribution in [0, 0.1) is 12.0 Å². The minimum atomic E-state index is 0.0972. The SMILES string of the molecule is CCC([CH]O)(CC)CC. The van der Waals surface area contributed by atoms with Crippen molar-refractivity contribution >= 4 is 0 Å². The predicted octanol–water partition coefficient (Wildman–Crippen LogP) is 2.74. The van der Waals surface area contributed by atoms with Crippen LogP contribution < -0.4 is 0 Å². The van der Waals surface area contributed by atoms with Crippen LogP contribution in [0.25, 0.3) is 0 Å². The van der Waals surface area contributed by atoms with Gasteiger partial charge in [0.2, 0.25) is 0 Å². The molecular formula is C8H17O. The fourth-order valence-corrected chi connectivity index (χ4v) is 1.02. The molecule has 0 aromatic rings. The maximum atomic E-state index is 8.85. The fourth-order valence-electron chi connectivity index (χ4n) is 1.02. The molecule has 1 radical (unpaired) electrons. The molecule has 0 unspecified atom stereocenters. The lowest BCUT2D eigenvalue weighted by atomic mass is 9.81. The van der Waals surface area contributed by atoms with Crippen molar-refractivity contribution in [2.45, 2.75) is 40.0 Å². The third kappa shape index (κ3) is 1.98. The highest BCUT2D eigenvalue weighted by Gasteiger charge is 2.22. The van der Waals surface area contributed by atoms with Gasteiger partial charge in [0.25, 0.3) is 0 Å². The van der Waals surface area contributed by atoms with Crippen LogP contribution in [0.1, 0.15) is 40.0 Å². The summed E-state index contributed by atoms with van der Waals surface area (Å²) in [7, 11) is 0. The Labute approximate surface area is 58.1 Å². The largest absolute Gasteiger partial charge is 0.390 e. The van der Waals surface area contributed by atoms with Crippen molar-refractivity contribution in [2.24, 2.45) is 5.41 Å². The first-order chi connectivity index (χ1) is 4.24. The van der Waals surface area contributed by atoms with Crippen LogP contribution in [0.2, 0.25) is 0 Å². The average molecular weight is 129 g/mol. The van der Waals surface area contributed by atoms with E-state index in [-0.39, 0.29) is 5.41 Å². The van der Waals surface area contributed by atoms with Gasteiger partial charge >= 0.3 is 0 Å². The lowest BCUT2D eigenvalue weighted by Crippen LogP contribution is -2.17. The van der Waals surface area contributed by atoms with Gasteiger partial charge in [-0.25, -0.2) is 0 Å². The lowest BCUT2D eigenvalue weighted by Gasteiger charge is -2.26. The van der Waals surface area contributed by atoms with E-state index >= 15 is 0 Å². The second kappa shape index (κ2) is 3.89. The van der Waals surface area contributed by atoms with E-state index in [4.69, 9.17) is 5.11 Å². The third-order valence-electron chi connectivity index (χ3n) is 2.39. The van der Waals surface area contributed by atoms with Crippen LogP contribution in [0.3, 0.4) is 0 Å². The van der Waals surface area contributed by atoms with Gasteiger partial charge in [-0.05, 0) is 24.7 Å². The van der Waals surface area contributed by atoms with E-state index in [1.807, 2.05) is 0 Å². The number of hydrogen-bond acceptors (Lipinski definition) is 1. The summed E-state index contributed by atoms with van der Waals surface area (Å²) in [5.41, 5.74) is 0.0972. The quantitative estimate of drug-likeness (QED) is 0.618. The smallest absolute Gasteiger partial charge is 0.0860 e. The highest BCUT2D eigenvalue weighted by Crippen LogP contribution is 2.31. The fraction of sp³-hybridized carbons (Fsp3) is 0.875. The Morgan fingerprint density at radius 1 is 1.11 bits per heavy atom. The van der Waals surface area contributed by atoms with Crippen molar-refractivity contribution < 1.29 is 5.11 Å². The molecule has 0 spiro atoms. The number of aliphatic hydroxyl groups excluding tert-OH is 1. The minimum Gasteiger partial charge on any atom is -0.390 e. The maximum absolute atomic E-state index is 8.85. The molecule has 0 saturated heterocycles. The first-order valence-corrected chi connectivity index (χ1v) is 3.73.